The van der Waals surface area contributed by atoms with Crippen molar-refractivity contribution in [2.24, 2.45) is 99.1 Å². The summed E-state index contributed by atoms with van der Waals surface area (Å²) in [7, 11) is 0. The van der Waals surface area contributed by atoms with Crippen LogP contribution in [0.4, 0.5) is 0 Å². The monoisotopic (exact) mass is 957 g/mol. The van der Waals surface area contributed by atoms with Gasteiger partial charge in [0.25, 0.3) is 0 Å². The number of rotatable bonds is 10. The summed E-state index contributed by atoms with van der Waals surface area (Å²) < 4.78 is 18.4. The largest absolute Gasteiger partial charge is 0.459 e. The Morgan fingerprint density at radius 2 is 0.853 bits per heavy atom. The molecule has 6 heteroatoms. The van der Waals surface area contributed by atoms with Gasteiger partial charge in [-0.25, -0.2) is 0 Å². The molecular weight excluding hydrogens is 841 g/mol. The molecule has 0 aromatic heterocycles. The highest BCUT2D eigenvalue weighted by Gasteiger charge is 2.69. The van der Waals surface area contributed by atoms with Crippen LogP contribution in [0, 0.1) is 99.1 Å². The first kappa shape index (κ1) is 62.5. The Morgan fingerprint density at radius 1 is 0.441 bits per heavy atom. The van der Waals surface area contributed by atoms with E-state index in [1.807, 2.05) is 41.5 Å². The number of carbonyl (C=O) groups is 3. The number of fused-ring (bicyclic) bond motifs is 19. The Morgan fingerprint density at radius 3 is 1.34 bits per heavy atom. The van der Waals surface area contributed by atoms with Gasteiger partial charge in [-0.1, -0.05) is 97.9 Å². The molecule has 0 N–H and O–H groups in total. The minimum Gasteiger partial charge on any atom is -0.459 e. The number of esters is 3. The molecule has 8 bridgehead atoms. The summed E-state index contributed by atoms with van der Waals surface area (Å²) in [6.45, 7) is 25.0. The van der Waals surface area contributed by atoms with Crippen molar-refractivity contribution in [1.29, 1.82) is 0 Å². The highest BCUT2D eigenvalue weighted by molar-refractivity contribution is 5.77. The van der Waals surface area contributed by atoms with E-state index in [0.29, 0.717) is 11.8 Å². The lowest BCUT2D eigenvalue weighted by atomic mass is 9.65. The lowest BCUT2D eigenvalue weighted by Crippen LogP contribution is -2.49. The average molecular weight is 958 g/mol. The molecule has 17 unspecified atom stereocenters. The van der Waals surface area contributed by atoms with Crippen LogP contribution in [0.1, 0.15) is 262 Å². The van der Waals surface area contributed by atoms with Gasteiger partial charge in [0.15, 0.2) is 0 Å². The van der Waals surface area contributed by atoms with Gasteiger partial charge in [0.05, 0.1) is 16.2 Å². The molecule has 6 nitrogen and oxygen atoms in total. The molecule has 68 heavy (non-hydrogen) atoms. The third kappa shape index (κ3) is 11.0. The van der Waals surface area contributed by atoms with Gasteiger partial charge in [-0.3, -0.25) is 14.4 Å². The maximum Gasteiger partial charge on any atom is 0.312 e. The second-order valence-electron chi connectivity index (χ2n) is 26.2. The number of hydrogen-bond acceptors (Lipinski definition) is 6. The SMILES string of the molecule is C.C.C.C.C.C.CCC(C)(C)C(=O)OC1(C)CC2CC1C1C3CCC(C3)C21.CCC(C)(C)C(=O)OC1(C)CCC2CCCCC2C1.CCC(C)(C)C(=O)OC1(CC)CC2CC1C1C3CCC(C3)C21. The Hall–Kier alpha value is -1.59. The van der Waals surface area contributed by atoms with E-state index in [9.17, 15) is 14.4 Å². The fourth-order valence-corrected chi connectivity index (χ4v) is 16.9. The van der Waals surface area contributed by atoms with E-state index in [1.54, 1.807) is 0 Å². The molecule has 0 spiro atoms. The summed E-state index contributed by atoms with van der Waals surface area (Å²) in [6, 6.07) is 0. The van der Waals surface area contributed by atoms with Crippen LogP contribution in [0.5, 0.6) is 0 Å². The van der Waals surface area contributed by atoms with Gasteiger partial charge in [-0.05, 0) is 236 Å². The van der Waals surface area contributed by atoms with Crippen LogP contribution < -0.4 is 0 Å². The molecule has 0 heterocycles. The quantitative estimate of drug-likeness (QED) is 0.123. The van der Waals surface area contributed by atoms with Crippen LogP contribution in [0.2, 0.25) is 0 Å². The van der Waals surface area contributed by atoms with Crippen molar-refractivity contribution in [2.75, 3.05) is 0 Å². The summed E-state index contributed by atoms with van der Waals surface area (Å²) in [5.41, 5.74) is -1.51. The molecule has 10 aliphatic rings. The number of hydrogen-bond donors (Lipinski definition) is 0. The maximum atomic E-state index is 12.7. The van der Waals surface area contributed by atoms with Crippen molar-refractivity contribution in [1.82, 2.24) is 0 Å². The van der Waals surface area contributed by atoms with Gasteiger partial charge in [-0.15, -0.1) is 0 Å². The number of ether oxygens (including phenoxy) is 3. The standard InChI is InChI=1S/C20H32O2.C19H30O2.C17H30O2.6CH4/c1-5-19(3,4)18(21)22-20(6-2)11-14-10-15(20)17-13-8-7-12(9-13)16(14)17;1-5-18(2,3)17(20)21-19(4)10-13-9-14(19)16-12-7-6-11(8-12)15(13)16;1-5-16(2,3)15(18)19-17(4)11-10-13-8-6-7-9-14(13)12-17;;;;;;/h12-17H,5-11H2,1-4H3;11-16H,5-10H2,1-4H3;13-14H,5-12H2,1-4H3;6*1H4. The molecule has 17 atom stereocenters. The molecule has 10 aliphatic carbocycles. The van der Waals surface area contributed by atoms with Crippen molar-refractivity contribution >= 4 is 17.9 Å². The van der Waals surface area contributed by atoms with Gasteiger partial charge in [0.1, 0.15) is 16.8 Å². The van der Waals surface area contributed by atoms with E-state index in [-0.39, 0.29) is 95.5 Å². The molecule has 0 aromatic carbocycles. The van der Waals surface area contributed by atoms with E-state index >= 15 is 0 Å². The highest BCUT2D eigenvalue weighted by atomic mass is 16.6. The van der Waals surface area contributed by atoms with Crippen LogP contribution >= 0.6 is 0 Å². The zero-order chi connectivity index (χ0) is 44.8. The van der Waals surface area contributed by atoms with Crippen LogP contribution in [0.25, 0.3) is 0 Å². The molecule has 10 rings (SSSR count). The third-order valence-electron chi connectivity index (χ3n) is 21.6. The molecule has 10 saturated carbocycles. The first-order valence-electron chi connectivity index (χ1n) is 26.8. The Kier molecular flexibility index (Phi) is 20.8. The summed E-state index contributed by atoms with van der Waals surface area (Å²) in [5.74, 6) is 12.5. The molecule has 0 saturated heterocycles. The van der Waals surface area contributed by atoms with Crippen LogP contribution in [-0.2, 0) is 28.6 Å². The fourth-order valence-electron chi connectivity index (χ4n) is 16.9. The van der Waals surface area contributed by atoms with Crippen LogP contribution in [-0.4, -0.2) is 34.7 Å². The number of carbonyl (C=O) groups excluding carboxylic acids is 3. The molecule has 0 radical (unpaired) electrons. The van der Waals surface area contributed by atoms with Gasteiger partial charge in [0, 0.05) is 11.8 Å². The first-order valence-corrected chi connectivity index (χ1v) is 26.8. The topological polar surface area (TPSA) is 78.9 Å². The zero-order valence-corrected chi connectivity index (χ0v) is 41.9. The smallest absolute Gasteiger partial charge is 0.312 e. The molecule has 0 amide bonds. The minimum atomic E-state index is -0.341. The average Bonchev–Trinajstić information content (AvgIpc) is 4.11. The molecule has 10 fully saturated rings. The summed E-state index contributed by atoms with van der Waals surface area (Å²) in [4.78, 5) is 37.6. The van der Waals surface area contributed by atoms with Crippen LogP contribution in [0.15, 0.2) is 0 Å². The first-order chi connectivity index (χ1) is 29.1. The summed E-state index contributed by atoms with van der Waals surface area (Å²) >= 11 is 0. The van der Waals surface area contributed by atoms with E-state index in [1.165, 1.54) is 83.5 Å². The molecule has 400 valence electrons. The van der Waals surface area contributed by atoms with Crippen LogP contribution in [0.3, 0.4) is 0 Å². The Bertz CT molecular complexity index is 1660. The minimum absolute atomic E-state index is 0. The van der Waals surface area contributed by atoms with Crippen molar-refractivity contribution < 1.29 is 28.6 Å². The van der Waals surface area contributed by atoms with Crippen molar-refractivity contribution in [3.05, 3.63) is 0 Å². The molecule has 0 aliphatic heterocycles. The highest BCUT2D eigenvalue weighted by Crippen LogP contribution is 2.72. The second-order valence-corrected chi connectivity index (χ2v) is 26.2. The van der Waals surface area contributed by atoms with E-state index in [2.05, 4.69) is 41.5 Å². The maximum absolute atomic E-state index is 12.7. The second kappa shape index (κ2) is 22.7. The summed E-state index contributed by atoms with van der Waals surface area (Å²) in [6.07, 6.45) is 26.3. The van der Waals surface area contributed by atoms with Gasteiger partial charge in [0.2, 0.25) is 0 Å². The van der Waals surface area contributed by atoms with Gasteiger partial charge < -0.3 is 14.2 Å². The van der Waals surface area contributed by atoms with Gasteiger partial charge in [-0.2, -0.15) is 0 Å². The van der Waals surface area contributed by atoms with Crippen molar-refractivity contribution in [3.63, 3.8) is 0 Å². The zero-order valence-electron chi connectivity index (χ0n) is 41.9. The Labute approximate surface area is 423 Å². The van der Waals surface area contributed by atoms with Crippen molar-refractivity contribution in [3.8, 4) is 0 Å². The van der Waals surface area contributed by atoms with E-state index in [4.69, 9.17) is 14.2 Å². The normalized spacial score (nSPS) is 41.3. The predicted octanol–water partition coefficient (Wildman–Crippen LogP) is 17.8. The van der Waals surface area contributed by atoms with Crippen molar-refractivity contribution in [2.45, 2.75) is 279 Å². The fraction of sp³-hybridized carbons (Fsp3) is 0.952. The third-order valence-corrected chi connectivity index (χ3v) is 21.6. The molecular formula is C62H116O6. The van der Waals surface area contributed by atoms with E-state index < -0.39 is 0 Å². The summed E-state index contributed by atoms with van der Waals surface area (Å²) in [5, 5.41) is 0. The lowest BCUT2D eigenvalue weighted by Gasteiger charge is -2.46. The van der Waals surface area contributed by atoms with E-state index in [0.717, 1.165) is 122 Å². The molecule has 0 aromatic rings. The van der Waals surface area contributed by atoms with Gasteiger partial charge >= 0.3 is 17.9 Å². The lowest BCUT2D eigenvalue weighted by molar-refractivity contribution is -0.183. The predicted molar refractivity (Wildman–Crippen MR) is 288 cm³/mol. The Balaban J connectivity index is 0.000000336.